The summed E-state index contributed by atoms with van der Waals surface area (Å²) < 4.78 is 4.96. The Morgan fingerprint density at radius 2 is 2.16 bits per heavy atom. The lowest BCUT2D eigenvalue weighted by molar-refractivity contribution is -0.153. The molecule has 1 saturated heterocycles. The van der Waals surface area contributed by atoms with Crippen LogP contribution in [-0.4, -0.2) is 70.1 Å². The van der Waals surface area contributed by atoms with Crippen molar-refractivity contribution >= 4 is 41.4 Å². The summed E-state index contributed by atoms with van der Waals surface area (Å²) >= 11 is 2.65. The number of aliphatic carboxylic acids is 1. The lowest BCUT2D eigenvalue weighted by atomic mass is 10.2. The van der Waals surface area contributed by atoms with Gasteiger partial charge in [-0.05, 0) is 6.92 Å². The molecule has 19 heavy (non-hydrogen) atoms. The standard InChI is InChI=1S/C11H17NO5S2/c1-2-17-11(16)8-5-18-4-3-12(8)9(13)6-19-7-10(14)15/h8H,2-7H2,1H3,(H,14,15). The van der Waals surface area contributed by atoms with Gasteiger partial charge in [0.15, 0.2) is 0 Å². The summed E-state index contributed by atoms with van der Waals surface area (Å²) in [5, 5.41) is 8.52. The van der Waals surface area contributed by atoms with Crippen molar-refractivity contribution in [3.05, 3.63) is 0 Å². The first-order valence-corrected chi connectivity index (χ1v) is 8.20. The molecule has 8 heteroatoms. The predicted molar refractivity (Wildman–Crippen MR) is 74.4 cm³/mol. The van der Waals surface area contributed by atoms with Gasteiger partial charge in [-0.3, -0.25) is 9.59 Å². The minimum Gasteiger partial charge on any atom is -0.481 e. The average molecular weight is 307 g/mol. The molecule has 0 aliphatic carbocycles. The van der Waals surface area contributed by atoms with E-state index in [0.29, 0.717) is 12.3 Å². The molecule has 0 saturated carbocycles. The minimum atomic E-state index is -0.950. The Morgan fingerprint density at radius 1 is 1.42 bits per heavy atom. The van der Waals surface area contributed by atoms with Crippen LogP contribution in [0.2, 0.25) is 0 Å². The third kappa shape index (κ3) is 5.32. The maximum absolute atomic E-state index is 12.0. The van der Waals surface area contributed by atoms with E-state index in [-0.39, 0.29) is 30.0 Å². The van der Waals surface area contributed by atoms with Crippen molar-refractivity contribution in [3.8, 4) is 0 Å². The Kier molecular flexibility index (Phi) is 7.07. The zero-order chi connectivity index (χ0) is 14.3. The molecule has 6 nitrogen and oxygen atoms in total. The lowest BCUT2D eigenvalue weighted by Crippen LogP contribution is -2.51. The molecule has 0 aromatic carbocycles. The van der Waals surface area contributed by atoms with E-state index in [2.05, 4.69) is 0 Å². The molecule has 0 radical (unpaired) electrons. The fraction of sp³-hybridized carbons (Fsp3) is 0.727. The van der Waals surface area contributed by atoms with Gasteiger partial charge in [-0.1, -0.05) is 0 Å². The monoisotopic (exact) mass is 307 g/mol. The number of amides is 1. The molecular formula is C11H17NO5S2. The first-order chi connectivity index (χ1) is 9.06. The highest BCUT2D eigenvalue weighted by Gasteiger charge is 2.33. The van der Waals surface area contributed by atoms with Gasteiger partial charge in [0, 0.05) is 18.1 Å². The summed E-state index contributed by atoms with van der Waals surface area (Å²) in [6, 6.07) is -0.545. The number of rotatable bonds is 6. The van der Waals surface area contributed by atoms with Crippen molar-refractivity contribution in [3.63, 3.8) is 0 Å². The van der Waals surface area contributed by atoms with Crippen molar-refractivity contribution < 1.29 is 24.2 Å². The second-order valence-electron chi connectivity index (χ2n) is 3.82. The minimum absolute atomic E-state index is 0.0763. The van der Waals surface area contributed by atoms with Crippen molar-refractivity contribution in [1.29, 1.82) is 0 Å². The van der Waals surface area contributed by atoms with Crippen LogP contribution in [0, 0.1) is 0 Å². The van der Waals surface area contributed by atoms with Crippen molar-refractivity contribution in [2.45, 2.75) is 13.0 Å². The number of carbonyl (C=O) groups is 3. The maximum Gasteiger partial charge on any atom is 0.329 e. The Labute approximate surface area is 120 Å². The zero-order valence-electron chi connectivity index (χ0n) is 10.7. The number of carbonyl (C=O) groups excluding carboxylic acids is 2. The first kappa shape index (κ1) is 16.2. The van der Waals surface area contributed by atoms with Crippen LogP contribution in [0.4, 0.5) is 0 Å². The van der Waals surface area contributed by atoms with E-state index in [1.165, 1.54) is 4.90 Å². The summed E-state index contributed by atoms with van der Waals surface area (Å²) in [4.78, 5) is 35.7. The number of hydrogen-bond donors (Lipinski definition) is 1. The van der Waals surface area contributed by atoms with Crippen LogP contribution in [0.25, 0.3) is 0 Å². The van der Waals surface area contributed by atoms with Gasteiger partial charge in [-0.25, -0.2) is 4.79 Å². The number of esters is 1. The summed E-state index contributed by atoms with van der Waals surface area (Å²) in [5.74, 6) is -0.255. The van der Waals surface area contributed by atoms with Crippen molar-refractivity contribution in [2.24, 2.45) is 0 Å². The topological polar surface area (TPSA) is 83.9 Å². The van der Waals surface area contributed by atoms with Crippen LogP contribution in [0.3, 0.4) is 0 Å². The van der Waals surface area contributed by atoms with Gasteiger partial charge < -0.3 is 14.7 Å². The summed E-state index contributed by atoms with van der Waals surface area (Å²) in [6.45, 7) is 2.51. The maximum atomic E-state index is 12.0. The second kappa shape index (κ2) is 8.31. The van der Waals surface area contributed by atoms with Gasteiger partial charge in [-0.15, -0.1) is 11.8 Å². The van der Waals surface area contributed by atoms with Crippen molar-refractivity contribution in [2.75, 3.05) is 36.2 Å². The molecule has 0 spiro atoms. The predicted octanol–water partition coefficient (Wildman–Crippen LogP) is 0.311. The number of carboxylic acids is 1. The van der Waals surface area contributed by atoms with Gasteiger partial charge in [0.25, 0.3) is 0 Å². The van der Waals surface area contributed by atoms with Crippen LogP contribution in [0.15, 0.2) is 0 Å². The molecule has 1 atom stereocenters. The fourth-order valence-electron chi connectivity index (χ4n) is 1.64. The Balaban J connectivity index is 2.53. The zero-order valence-corrected chi connectivity index (χ0v) is 12.3. The third-order valence-electron chi connectivity index (χ3n) is 2.46. The van der Waals surface area contributed by atoms with Gasteiger partial charge in [0.05, 0.1) is 18.1 Å². The summed E-state index contributed by atoms with van der Waals surface area (Å²) in [5.41, 5.74) is 0. The smallest absolute Gasteiger partial charge is 0.329 e. The van der Waals surface area contributed by atoms with E-state index < -0.39 is 12.0 Å². The molecule has 0 bridgehead atoms. The van der Waals surface area contributed by atoms with E-state index in [0.717, 1.165) is 17.5 Å². The van der Waals surface area contributed by atoms with Gasteiger partial charge in [0.2, 0.25) is 5.91 Å². The molecule has 1 rings (SSSR count). The Hall–Kier alpha value is -0.890. The SMILES string of the molecule is CCOC(=O)C1CSCCN1C(=O)CSCC(=O)O. The molecule has 1 heterocycles. The largest absolute Gasteiger partial charge is 0.481 e. The fourth-order valence-corrected chi connectivity index (χ4v) is 3.29. The highest BCUT2D eigenvalue weighted by atomic mass is 32.2. The lowest BCUT2D eigenvalue weighted by Gasteiger charge is -2.33. The molecule has 1 unspecified atom stereocenters. The van der Waals surface area contributed by atoms with E-state index in [1.54, 1.807) is 18.7 Å². The molecular weight excluding hydrogens is 290 g/mol. The molecule has 1 N–H and O–H groups in total. The third-order valence-corrected chi connectivity index (χ3v) is 4.38. The van der Waals surface area contributed by atoms with E-state index >= 15 is 0 Å². The normalized spacial score (nSPS) is 19.0. The Bertz CT molecular complexity index is 350. The van der Waals surface area contributed by atoms with Crippen LogP contribution in [0.5, 0.6) is 0 Å². The highest BCUT2D eigenvalue weighted by molar-refractivity contribution is 8.00. The van der Waals surface area contributed by atoms with Gasteiger partial charge >= 0.3 is 11.9 Å². The number of carboxylic acid groups (broad SMARTS) is 1. The van der Waals surface area contributed by atoms with Crippen LogP contribution in [0.1, 0.15) is 6.92 Å². The number of ether oxygens (including phenoxy) is 1. The number of thioether (sulfide) groups is 2. The highest BCUT2D eigenvalue weighted by Crippen LogP contribution is 2.19. The average Bonchev–Trinajstić information content (AvgIpc) is 2.38. The van der Waals surface area contributed by atoms with Gasteiger partial charge in [0.1, 0.15) is 6.04 Å². The van der Waals surface area contributed by atoms with Crippen molar-refractivity contribution in [1.82, 2.24) is 4.90 Å². The van der Waals surface area contributed by atoms with Crippen LogP contribution >= 0.6 is 23.5 Å². The van der Waals surface area contributed by atoms with E-state index in [4.69, 9.17) is 9.84 Å². The second-order valence-corrected chi connectivity index (χ2v) is 5.95. The number of hydrogen-bond acceptors (Lipinski definition) is 6. The molecule has 1 aliphatic rings. The molecule has 1 amide bonds. The Morgan fingerprint density at radius 3 is 2.79 bits per heavy atom. The first-order valence-electron chi connectivity index (χ1n) is 5.89. The van der Waals surface area contributed by atoms with Crippen LogP contribution in [-0.2, 0) is 19.1 Å². The molecule has 1 fully saturated rings. The number of nitrogens with zero attached hydrogens (tertiary/aromatic N) is 1. The molecule has 1 aliphatic heterocycles. The van der Waals surface area contributed by atoms with Crippen LogP contribution < -0.4 is 0 Å². The summed E-state index contributed by atoms with van der Waals surface area (Å²) in [7, 11) is 0. The molecule has 0 aromatic heterocycles. The quantitative estimate of drug-likeness (QED) is 0.707. The van der Waals surface area contributed by atoms with E-state index in [9.17, 15) is 14.4 Å². The molecule has 108 valence electrons. The van der Waals surface area contributed by atoms with E-state index in [1.807, 2.05) is 0 Å². The summed E-state index contributed by atoms with van der Waals surface area (Å²) in [6.07, 6.45) is 0. The van der Waals surface area contributed by atoms with Gasteiger partial charge in [-0.2, -0.15) is 11.8 Å². The molecule has 0 aromatic rings.